The van der Waals surface area contributed by atoms with E-state index in [1.165, 1.54) is 0 Å². The third-order valence-corrected chi connectivity index (χ3v) is 3.46. The van der Waals surface area contributed by atoms with E-state index < -0.39 is 30.4 Å². The molecule has 0 heterocycles. The van der Waals surface area contributed by atoms with Crippen LogP contribution in [0.15, 0.2) is 0 Å². The van der Waals surface area contributed by atoms with Crippen molar-refractivity contribution >= 4 is 0 Å². The minimum Gasteiger partial charge on any atom is -0.329 e. The van der Waals surface area contributed by atoms with Crippen molar-refractivity contribution in [1.29, 1.82) is 0 Å². The van der Waals surface area contributed by atoms with Crippen LogP contribution in [0.1, 0.15) is 25.7 Å². The van der Waals surface area contributed by atoms with Gasteiger partial charge in [0.15, 0.2) is 0 Å². The van der Waals surface area contributed by atoms with E-state index in [2.05, 4.69) is 5.32 Å². The number of hydrogen-bond acceptors (Lipinski definition) is 2. The van der Waals surface area contributed by atoms with Crippen LogP contribution >= 0.6 is 0 Å². The normalized spacial score (nSPS) is 30.5. The molecular weight excluding hydrogens is 262 g/mol. The predicted molar refractivity (Wildman–Crippen MR) is 53.9 cm³/mol. The van der Waals surface area contributed by atoms with Crippen LogP contribution in [-0.2, 0) is 0 Å². The molecule has 8 heteroatoms. The minimum atomic E-state index is -4.39. The van der Waals surface area contributed by atoms with Crippen LogP contribution in [0, 0.1) is 5.92 Å². The molecule has 1 fully saturated rings. The second kappa shape index (κ2) is 5.24. The third-order valence-electron chi connectivity index (χ3n) is 3.46. The summed E-state index contributed by atoms with van der Waals surface area (Å²) in [5.41, 5.74) is 4.39. The lowest BCUT2D eigenvalue weighted by molar-refractivity contribution is -0.186. The van der Waals surface area contributed by atoms with Gasteiger partial charge in [-0.2, -0.15) is 26.3 Å². The summed E-state index contributed by atoms with van der Waals surface area (Å²) in [6.07, 6.45) is -8.97. The largest absolute Gasteiger partial charge is 0.401 e. The van der Waals surface area contributed by atoms with Gasteiger partial charge in [-0.1, -0.05) is 0 Å². The van der Waals surface area contributed by atoms with Crippen LogP contribution in [0.3, 0.4) is 0 Å². The van der Waals surface area contributed by atoms with Crippen molar-refractivity contribution in [1.82, 2.24) is 5.32 Å². The van der Waals surface area contributed by atoms with Gasteiger partial charge in [0.25, 0.3) is 0 Å². The van der Waals surface area contributed by atoms with Crippen molar-refractivity contribution in [2.45, 2.75) is 43.6 Å². The van der Waals surface area contributed by atoms with E-state index >= 15 is 0 Å². The first kappa shape index (κ1) is 15.6. The van der Waals surface area contributed by atoms with Crippen LogP contribution in [0.2, 0.25) is 0 Å². The second-order valence-electron chi connectivity index (χ2n) is 4.77. The minimum absolute atomic E-state index is 0.0176. The van der Waals surface area contributed by atoms with E-state index in [4.69, 9.17) is 5.73 Å². The fraction of sp³-hybridized carbons (Fsp3) is 1.00. The summed E-state index contributed by atoms with van der Waals surface area (Å²) in [7, 11) is 0. The molecular formula is C10H16F6N2. The molecule has 0 radical (unpaired) electrons. The van der Waals surface area contributed by atoms with Crippen molar-refractivity contribution in [3.63, 3.8) is 0 Å². The molecule has 0 aromatic carbocycles. The molecule has 18 heavy (non-hydrogen) atoms. The second-order valence-corrected chi connectivity index (χ2v) is 4.77. The Hall–Kier alpha value is -0.500. The van der Waals surface area contributed by atoms with E-state index in [0.717, 1.165) is 0 Å². The van der Waals surface area contributed by atoms with Gasteiger partial charge in [0.2, 0.25) is 0 Å². The highest BCUT2D eigenvalue weighted by atomic mass is 19.4. The molecule has 0 spiro atoms. The number of halogens is 6. The van der Waals surface area contributed by atoms with E-state index in [0.29, 0.717) is 0 Å². The molecule has 0 amide bonds. The van der Waals surface area contributed by atoms with Crippen molar-refractivity contribution in [2.75, 3.05) is 13.1 Å². The van der Waals surface area contributed by atoms with E-state index in [1.807, 2.05) is 0 Å². The van der Waals surface area contributed by atoms with Crippen LogP contribution in [0.5, 0.6) is 0 Å². The average molecular weight is 278 g/mol. The van der Waals surface area contributed by atoms with Crippen molar-refractivity contribution in [3.8, 4) is 0 Å². The Bertz CT molecular complexity index is 265. The van der Waals surface area contributed by atoms with E-state index in [-0.39, 0.29) is 32.2 Å². The Balaban J connectivity index is 2.55. The lowest BCUT2D eigenvalue weighted by atomic mass is 9.76. The Kier molecular flexibility index (Phi) is 4.53. The monoisotopic (exact) mass is 278 g/mol. The van der Waals surface area contributed by atoms with E-state index in [9.17, 15) is 26.3 Å². The standard InChI is InChI=1S/C10H16F6N2/c11-9(12,13)6-18-8(5-17)3-1-7(2-4-8)10(14,15)16/h7,18H,1-6,17H2. The number of alkyl halides is 6. The predicted octanol–water partition coefficient (Wildman–Crippen LogP) is 2.59. The van der Waals surface area contributed by atoms with Gasteiger partial charge in [-0.3, -0.25) is 0 Å². The van der Waals surface area contributed by atoms with Crippen LogP contribution in [0.4, 0.5) is 26.3 Å². The Labute approximate surface area is 101 Å². The fourth-order valence-corrected chi connectivity index (χ4v) is 2.24. The van der Waals surface area contributed by atoms with Crippen molar-refractivity contribution in [2.24, 2.45) is 11.7 Å². The van der Waals surface area contributed by atoms with Gasteiger partial charge in [0, 0.05) is 12.1 Å². The molecule has 2 nitrogen and oxygen atoms in total. The first-order valence-corrected chi connectivity index (χ1v) is 5.67. The van der Waals surface area contributed by atoms with Gasteiger partial charge >= 0.3 is 12.4 Å². The first-order valence-electron chi connectivity index (χ1n) is 5.67. The van der Waals surface area contributed by atoms with E-state index in [1.54, 1.807) is 0 Å². The summed E-state index contributed by atoms with van der Waals surface area (Å²) in [5.74, 6) is -1.43. The Morgan fingerprint density at radius 3 is 1.89 bits per heavy atom. The first-order chi connectivity index (χ1) is 8.08. The molecule has 1 saturated carbocycles. The topological polar surface area (TPSA) is 38.0 Å². The fourth-order valence-electron chi connectivity index (χ4n) is 2.24. The summed E-state index contributed by atoms with van der Waals surface area (Å²) < 4.78 is 73.6. The maximum absolute atomic E-state index is 12.4. The highest BCUT2D eigenvalue weighted by Crippen LogP contribution is 2.41. The molecule has 3 N–H and O–H groups in total. The smallest absolute Gasteiger partial charge is 0.329 e. The lowest BCUT2D eigenvalue weighted by Gasteiger charge is -2.40. The quantitative estimate of drug-likeness (QED) is 0.779. The zero-order valence-corrected chi connectivity index (χ0v) is 9.67. The van der Waals surface area contributed by atoms with Gasteiger partial charge in [-0.15, -0.1) is 0 Å². The van der Waals surface area contributed by atoms with Gasteiger partial charge < -0.3 is 11.1 Å². The molecule has 1 aliphatic carbocycles. The van der Waals surface area contributed by atoms with Crippen LogP contribution < -0.4 is 11.1 Å². The summed E-state index contributed by atoms with van der Waals surface area (Å²) in [6, 6.07) is 0. The number of nitrogens with one attached hydrogen (secondary N) is 1. The van der Waals surface area contributed by atoms with Gasteiger partial charge in [-0.05, 0) is 25.7 Å². The molecule has 108 valence electrons. The molecule has 1 rings (SSSR count). The number of nitrogens with two attached hydrogens (primary N) is 1. The summed E-state index contributed by atoms with van der Waals surface area (Å²) in [6.45, 7) is -1.31. The third kappa shape index (κ3) is 4.31. The van der Waals surface area contributed by atoms with Gasteiger partial charge in [0.05, 0.1) is 12.5 Å². The summed E-state index contributed by atoms with van der Waals surface area (Å²) in [4.78, 5) is 0. The maximum Gasteiger partial charge on any atom is 0.401 e. The SMILES string of the molecule is NCC1(NCC(F)(F)F)CCC(C(F)(F)F)CC1. The average Bonchev–Trinajstić information content (AvgIpc) is 2.25. The zero-order chi connectivity index (χ0) is 14.0. The molecule has 0 aromatic heterocycles. The van der Waals surface area contributed by atoms with Crippen molar-refractivity contribution in [3.05, 3.63) is 0 Å². The summed E-state index contributed by atoms with van der Waals surface area (Å²) in [5, 5.41) is 2.28. The lowest BCUT2D eigenvalue weighted by Crippen LogP contribution is -2.56. The molecule has 0 unspecified atom stereocenters. The number of rotatable bonds is 3. The highest BCUT2D eigenvalue weighted by Gasteiger charge is 2.46. The molecule has 0 bridgehead atoms. The van der Waals surface area contributed by atoms with Crippen LogP contribution in [0.25, 0.3) is 0 Å². The van der Waals surface area contributed by atoms with Crippen LogP contribution in [-0.4, -0.2) is 31.0 Å². The molecule has 1 aliphatic rings. The van der Waals surface area contributed by atoms with Gasteiger partial charge in [-0.25, -0.2) is 0 Å². The Morgan fingerprint density at radius 1 is 1.06 bits per heavy atom. The molecule has 0 aliphatic heterocycles. The Morgan fingerprint density at radius 2 is 1.56 bits per heavy atom. The maximum atomic E-state index is 12.4. The van der Waals surface area contributed by atoms with Gasteiger partial charge in [0.1, 0.15) is 0 Å². The molecule has 0 aromatic rings. The summed E-state index contributed by atoms with van der Waals surface area (Å²) >= 11 is 0. The van der Waals surface area contributed by atoms with Crippen molar-refractivity contribution < 1.29 is 26.3 Å². The number of hydrogen-bond donors (Lipinski definition) is 2. The highest BCUT2D eigenvalue weighted by molar-refractivity contribution is 4.95. The molecule has 0 saturated heterocycles. The zero-order valence-electron chi connectivity index (χ0n) is 9.67. The molecule has 0 atom stereocenters.